The third kappa shape index (κ3) is 8.49. The monoisotopic (exact) mass is 584 g/mol. The summed E-state index contributed by atoms with van der Waals surface area (Å²) in [5.74, 6) is -1.04. The average molecular weight is 585 g/mol. The number of amides is 2. The van der Waals surface area contributed by atoms with Crippen LogP contribution >= 0.6 is 7.37 Å². The van der Waals surface area contributed by atoms with Gasteiger partial charge in [-0.15, -0.1) is 0 Å². The number of ketones is 1. The Balaban J connectivity index is 1.41. The minimum atomic E-state index is -3.58. The molecule has 0 saturated heterocycles. The smallest absolute Gasteiger partial charge is 0.408 e. The van der Waals surface area contributed by atoms with E-state index in [0.717, 1.165) is 11.1 Å². The summed E-state index contributed by atoms with van der Waals surface area (Å²) < 4.78 is 25.2. The standard InChI is InChI=1S/C33H33N2O6P/c1-25(31(36)24-41-42(39,28-18-10-4-11-19-28)29-20-12-5-13-21-29)34-32(37)30(22-26-14-6-2-7-15-26)35-33(38)40-23-27-16-8-3-9-17-27/h2-21,25,30H,22-24H2,1H3,(H,34,37)(H,35,38)/t25-,30+/m0/s1. The first-order valence-electron chi connectivity index (χ1n) is 13.5. The first kappa shape index (κ1) is 30.4. The van der Waals surface area contributed by atoms with E-state index in [9.17, 15) is 18.9 Å². The normalized spacial score (nSPS) is 12.5. The number of hydrogen-bond acceptors (Lipinski definition) is 6. The molecule has 8 nitrogen and oxygen atoms in total. The molecule has 9 heteroatoms. The first-order valence-corrected chi connectivity index (χ1v) is 15.2. The van der Waals surface area contributed by atoms with Crippen LogP contribution in [-0.2, 0) is 36.4 Å². The van der Waals surface area contributed by atoms with Gasteiger partial charge in [-0.05, 0) is 42.3 Å². The van der Waals surface area contributed by atoms with E-state index in [1.807, 2.05) is 60.7 Å². The number of alkyl carbamates (subject to hydrolysis) is 1. The van der Waals surface area contributed by atoms with Crippen LogP contribution in [0.4, 0.5) is 4.79 Å². The summed E-state index contributed by atoms with van der Waals surface area (Å²) in [6, 6.07) is 33.8. The summed E-state index contributed by atoms with van der Waals surface area (Å²) in [6.07, 6.45) is -0.578. The van der Waals surface area contributed by atoms with Gasteiger partial charge in [0.05, 0.1) is 6.04 Å². The maximum atomic E-state index is 14.0. The quantitative estimate of drug-likeness (QED) is 0.223. The zero-order chi connectivity index (χ0) is 29.8. The Morgan fingerprint density at radius 1 is 0.690 bits per heavy atom. The molecule has 4 aromatic carbocycles. The summed E-state index contributed by atoms with van der Waals surface area (Å²) in [5, 5.41) is 6.21. The SMILES string of the molecule is C[C@H](NC(=O)[C@@H](Cc1ccccc1)NC(=O)OCc1ccccc1)C(=O)COP(=O)(c1ccccc1)c1ccccc1. The number of nitrogens with one attached hydrogen (secondary N) is 2. The highest BCUT2D eigenvalue weighted by Gasteiger charge is 2.31. The lowest BCUT2D eigenvalue weighted by atomic mass is 10.0. The van der Waals surface area contributed by atoms with Gasteiger partial charge >= 0.3 is 6.09 Å². The number of benzene rings is 4. The average Bonchev–Trinajstić information content (AvgIpc) is 3.04. The maximum Gasteiger partial charge on any atom is 0.408 e. The van der Waals surface area contributed by atoms with Gasteiger partial charge < -0.3 is 19.9 Å². The van der Waals surface area contributed by atoms with Gasteiger partial charge in [-0.1, -0.05) is 97.1 Å². The molecule has 0 unspecified atom stereocenters. The molecular formula is C33H33N2O6P. The molecule has 4 aromatic rings. The molecule has 2 N–H and O–H groups in total. The number of hydrogen-bond donors (Lipinski definition) is 2. The van der Waals surface area contributed by atoms with Crippen molar-refractivity contribution in [2.24, 2.45) is 0 Å². The van der Waals surface area contributed by atoms with Gasteiger partial charge in [0.2, 0.25) is 5.91 Å². The Labute approximate surface area is 245 Å². The second-order valence-corrected chi connectivity index (χ2v) is 12.0. The molecule has 0 spiro atoms. The van der Waals surface area contributed by atoms with Crippen molar-refractivity contribution in [3.63, 3.8) is 0 Å². The van der Waals surface area contributed by atoms with Crippen LogP contribution in [0.25, 0.3) is 0 Å². The van der Waals surface area contributed by atoms with Gasteiger partial charge in [-0.2, -0.15) is 0 Å². The highest BCUT2D eigenvalue weighted by Crippen LogP contribution is 2.44. The minimum Gasteiger partial charge on any atom is -0.445 e. The molecule has 0 fully saturated rings. The number of rotatable bonds is 13. The third-order valence-corrected chi connectivity index (χ3v) is 8.98. The fourth-order valence-corrected chi connectivity index (χ4v) is 6.22. The van der Waals surface area contributed by atoms with Crippen LogP contribution in [0, 0.1) is 0 Å². The Morgan fingerprint density at radius 3 is 1.69 bits per heavy atom. The molecule has 0 aliphatic heterocycles. The van der Waals surface area contributed by atoms with Crippen LogP contribution < -0.4 is 21.2 Å². The van der Waals surface area contributed by atoms with Crippen molar-refractivity contribution < 1.29 is 28.2 Å². The second-order valence-electron chi connectivity index (χ2n) is 9.64. The van der Waals surface area contributed by atoms with Gasteiger partial charge in [0.25, 0.3) is 7.37 Å². The van der Waals surface area contributed by atoms with Gasteiger partial charge in [0, 0.05) is 17.0 Å². The Hall–Kier alpha value is -4.52. The predicted molar refractivity (Wildman–Crippen MR) is 162 cm³/mol. The third-order valence-electron chi connectivity index (χ3n) is 6.53. The molecule has 0 aromatic heterocycles. The largest absolute Gasteiger partial charge is 0.445 e. The van der Waals surface area contributed by atoms with Crippen molar-refractivity contribution in [3.05, 3.63) is 132 Å². The zero-order valence-corrected chi connectivity index (χ0v) is 24.1. The lowest BCUT2D eigenvalue weighted by molar-refractivity contribution is -0.129. The molecular weight excluding hydrogens is 551 g/mol. The van der Waals surface area contributed by atoms with Crippen LogP contribution in [0.2, 0.25) is 0 Å². The van der Waals surface area contributed by atoms with Crippen molar-refractivity contribution in [2.45, 2.75) is 32.0 Å². The lowest BCUT2D eigenvalue weighted by Crippen LogP contribution is -2.52. The molecule has 0 bridgehead atoms. The highest BCUT2D eigenvalue weighted by atomic mass is 31.2. The molecule has 42 heavy (non-hydrogen) atoms. The number of ether oxygens (including phenoxy) is 1. The molecule has 0 heterocycles. The van der Waals surface area contributed by atoms with Gasteiger partial charge in [-0.25, -0.2) is 4.79 Å². The number of carbonyl (C=O) groups is 3. The Bertz CT molecular complexity index is 1460. The van der Waals surface area contributed by atoms with Gasteiger partial charge in [0.1, 0.15) is 19.3 Å². The molecule has 2 atom stereocenters. The van der Waals surface area contributed by atoms with E-state index in [1.54, 1.807) is 60.7 Å². The first-order chi connectivity index (χ1) is 20.3. The fraction of sp³-hybridized carbons (Fsp3) is 0.182. The van der Waals surface area contributed by atoms with E-state index in [-0.39, 0.29) is 13.0 Å². The summed E-state index contributed by atoms with van der Waals surface area (Å²) in [6.45, 7) is 1.08. The summed E-state index contributed by atoms with van der Waals surface area (Å²) >= 11 is 0. The van der Waals surface area contributed by atoms with Crippen molar-refractivity contribution in [1.82, 2.24) is 10.6 Å². The molecule has 0 aliphatic rings. The van der Waals surface area contributed by atoms with E-state index < -0.39 is 43.8 Å². The zero-order valence-electron chi connectivity index (χ0n) is 23.2. The van der Waals surface area contributed by atoms with Gasteiger partial charge in [0.15, 0.2) is 5.78 Å². The van der Waals surface area contributed by atoms with Crippen molar-refractivity contribution in [2.75, 3.05) is 6.61 Å². The van der Waals surface area contributed by atoms with Crippen LogP contribution in [0.3, 0.4) is 0 Å². The molecule has 216 valence electrons. The summed E-state index contributed by atoms with van der Waals surface area (Å²) in [7, 11) is -3.58. The fourth-order valence-electron chi connectivity index (χ4n) is 4.19. The van der Waals surface area contributed by atoms with Crippen molar-refractivity contribution in [3.8, 4) is 0 Å². The van der Waals surface area contributed by atoms with Crippen LogP contribution in [0.1, 0.15) is 18.1 Å². The Kier molecular flexibility index (Phi) is 10.8. The van der Waals surface area contributed by atoms with E-state index in [0.29, 0.717) is 10.6 Å². The topological polar surface area (TPSA) is 111 Å². The van der Waals surface area contributed by atoms with Crippen LogP contribution in [0.15, 0.2) is 121 Å². The van der Waals surface area contributed by atoms with E-state index >= 15 is 0 Å². The second kappa shape index (κ2) is 14.9. The molecule has 0 aliphatic carbocycles. The predicted octanol–water partition coefficient (Wildman–Crippen LogP) is 4.54. The van der Waals surface area contributed by atoms with E-state index in [1.165, 1.54) is 6.92 Å². The van der Waals surface area contributed by atoms with Crippen molar-refractivity contribution in [1.29, 1.82) is 0 Å². The number of carbonyl (C=O) groups excluding carboxylic acids is 3. The maximum absolute atomic E-state index is 14.0. The van der Waals surface area contributed by atoms with Crippen molar-refractivity contribution >= 4 is 35.8 Å². The van der Waals surface area contributed by atoms with Crippen LogP contribution in [0.5, 0.6) is 0 Å². The van der Waals surface area contributed by atoms with Gasteiger partial charge in [-0.3, -0.25) is 14.2 Å². The molecule has 2 amide bonds. The lowest BCUT2D eigenvalue weighted by Gasteiger charge is -2.22. The molecule has 0 saturated carbocycles. The highest BCUT2D eigenvalue weighted by molar-refractivity contribution is 7.74. The minimum absolute atomic E-state index is 0.0431. The number of Topliss-reactive ketones (excluding diaryl/α,β-unsaturated/α-hetero) is 1. The molecule has 4 rings (SSSR count). The summed E-state index contributed by atoms with van der Waals surface area (Å²) in [4.78, 5) is 39.0. The van der Waals surface area contributed by atoms with E-state index in [4.69, 9.17) is 9.26 Å². The van der Waals surface area contributed by atoms with Crippen LogP contribution in [-0.4, -0.2) is 36.5 Å². The molecule has 0 radical (unpaired) electrons. The summed E-state index contributed by atoms with van der Waals surface area (Å²) in [5.41, 5.74) is 1.62. The Morgan fingerprint density at radius 2 is 1.17 bits per heavy atom. The van der Waals surface area contributed by atoms with E-state index in [2.05, 4.69) is 10.6 Å².